The van der Waals surface area contributed by atoms with Gasteiger partial charge in [0.25, 0.3) is 0 Å². The van der Waals surface area contributed by atoms with Crippen LogP contribution < -0.4 is 11.2 Å². The van der Waals surface area contributed by atoms with Crippen LogP contribution in [0, 0.1) is 5.92 Å². The van der Waals surface area contributed by atoms with Gasteiger partial charge in [-0.2, -0.15) is 11.8 Å². The van der Waals surface area contributed by atoms with Crippen LogP contribution in [-0.2, 0) is 0 Å². The van der Waals surface area contributed by atoms with Crippen molar-refractivity contribution < 1.29 is 0 Å². The average Bonchev–Trinajstić information content (AvgIpc) is 3.05. The molecule has 4 nitrogen and oxygen atoms in total. The molecule has 3 N–H and O–H groups in total. The zero-order chi connectivity index (χ0) is 17.7. The highest BCUT2D eigenvalue weighted by Crippen LogP contribution is 2.31. The van der Waals surface area contributed by atoms with Gasteiger partial charge in [0.15, 0.2) is 0 Å². The molecule has 0 aromatic heterocycles. The standard InChI is InChI=1S/C18H29ClN4S/c1-5-12(6-2)16-11-17(21-13-8-9-14(10-13)24-4)23(20)18(22-16)15(19)7-3/h7,11-14,22H,3,5-6,8-10,20H2,1-2,4H3/b18-15+,21-17?/t13-,14+/m0/s1. The van der Waals surface area contributed by atoms with Gasteiger partial charge in [0.2, 0.25) is 0 Å². The maximum atomic E-state index is 6.31. The zero-order valence-electron chi connectivity index (χ0n) is 14.9. The third-order valence-corrected chi connectivity index (χ3v) is 6.30. The topological polar surface area (TPSA) is 53.7 Å². The maximum Gasteiger partial charge on any atom is 0.145 e. The van der Waals surface area contributed by atoms with Crippen molar-refractivity contribution in [1.82, 2.24) is 10.3 Å². The van der Waals surface area contributed by atoms with E-state index in [4.69, 9.17) is 22.4 Å². The van der Waals surface area contributed by atoms with Crippen LogP contribution in [0.1, 0.15) is 46.0 Å². The quantitative estimate of drug-likeness (QED) is 0.684. The van der Waals surface area contributed by atoms with Crippen LogP contribution in [0.5, 0.6) is 0 Å². The lowest BCUT2D eigenvalue weighted by molar-refractivity contribution is 0.451. The number of halogens is 1. The van der Waals surface area contributed by atoms with Crippen molar-refractivity contribution in [2.75, 3.05) is 6.26 Å². The van der Waals surface area contributed by atoms with E-state index >= 15 is 0 Å². The lowest BCUT2D eigenvalue weighted by Gasteiger charge is -2.33. The summed E-state index contributed by atoms with van der Waals surface area (Å²) >= 11 is 8.25. The smallest absolute Gasteiger partial charge is 0.145 e. The molecule has 1 aliphatic carbocycles. The van der Waals surface area contributed by atoms with Gasteiger partial charge in [0, 0.05) is 17.0 Å². The van der Waals surface area contributed by atoms with E-state index in [2.05, 4.69) is 38.1 Å². The first-order valence-corrected chi connectivity index (χ1v) is 10.4. The minimum absolute atomic E-state index is 0.338. The number of amidine groups is 1. The highest BCUT2D eigenvalue weighted by atomic mass is 35.5. The molecule has 1 fully saturated rings. The zero-order valence-corrected chi connectivity index (χ0v) is 16.5. The minimum atomic E-state index is 0.338. The van der Waals surface area contributed by atoms with Crippen molar-refractivity contribution in [2.24, 2.45) is 16.8 Å². The van der Waals surface area contributed by atoms with Gasteiger partial charge in [-0.25, -0.2) is 10.9 Å². The van der Waals surface area contributed by atoms with Crippen LogP contribution >= 0.6 is 23.4 Å². The van der Waals surface area contributed by atoms with Gasteiger partial charge in [0.1, 0.15) is 11.7 Å². The number of nitrogens with two attached hydrogens (primary N) is 1. The normalized spacial score (nSPS) is 28.2. The molecule has 1 aliphatic heterocycles. The predicted molar refractivity (Wildman–Crippen MR) is 107 cm³/mol. The highest BCUT2D eigenvalue weighted by molar-refractivity contribution is 7.99. The average molecular weight is 369 g/mol. The van der Waals surface area contributed by atoms with Gasteiger partial charge in [-0.05, 0) is 50.4 Å². The van der Waals surface area contributed by atoms with Gasteiger partial charge in [-0.15, -0.1) is 0 Å². The second kappa shape index (κ2) is 8.97. The summed E-state index contributed by atoms with van der Waals surface area (Å²) in [6.45, 7) is 8.15. The Balaban J connectivity index is 2.35. The van der Waals surface area contributed by atoms with Crippen molar-refractivity contribution in [3.63, 3.8) is 0 Å². The number of aliphatic imine (C=N–C) groups is 1. The van der Waals surface area contributed by atoms with E-state index in [0.29, 0.717) is 28.1 Å². The number of nitrogens with one attached hydrogen (secondary N) is 1. The largest absolute Gasteiger partial charge is 0.342 e. The molecule has 2 rings (SSSR count). The SMILES string of the molecule is C=C/C(Cl)=C1/NC(C(CC)CC)=CC(=N[C@H]2CC[C@@H](SC)C2)N1N. The lowest BCUT2D eigenvalue weighted by Crippen LogP contribution is -2.46. The summed E-state index contributed by atoms with van der Waals surface area (Å²) in [7, 11) is 0. The van der Waals surface area contributed by atoms with Crippen molar-refractivity contribution >= 4 is 29.2 Å². The second-order valence-corrected chi connectivity index (χ2v) is 7.87. The Labute approximate surface area is 155 Å². The van der Waals surface area contributed by atoms with E-state index in [1.807, 2.05) is 11.8 Å². The molecule has 24 heavy (non-hydrogen) atoms. The monoisotopic (exact) mass is 368 g/mol. The molecule has 0 amide bonds. The van der Waals surface area contributed by atoms with Gasteiger partial charge in [-0.3, -0.25) is 4.99 Å². The molecule has 0 bridgehead atoms. The molecule has 0 unspecified atom stereocenters. The minimum Gasteiger partial charge on any atom is -0.342 e. The first-order valence-electron chi connectivity index (χ1n) is 8.70. The summed E-state index contributed by atoms with van der Waals surface area (Å²) in [4.78, 5) is 4.94. The first-order chi connectivity index (χ1) is 11.5. The number of thioether (sulfide) groups is 1. The molecule has 0 spiro atoms. The molecular weight excluding hydrogens is 340 g/mol. The van der Waals surface area contributed by atoms with E-state index in [0.717, 1.165) is 37.2 Å². The Kier molecular flexibility index (Phi) is 7.26. The number of hydrogen-bond donors (Lipinski definition) is 2. The number of hydrazine groups is 1. The third kappa shape index (κ3) is 4.38. The summed E-state index contributed by atoms with van der Waals surface area (Å²) in [6.07, 6.45) is 11.5. The molecule has 0 aromatic rings. The van der Waals surface area contributed by atoms with Crippen LogP contribution in [0.15, 0.2) is 40.3 Å². The summed E-state index contributed by atoms with van der Waals surface area (Å²) in [6, 6.07) is 0.338. The molecule has 2 atom stereocenters. The fourth-order valence-corrected chi connectivity index (χ4v) is 4.24. The molecule has 6 heteroatoms. The Morgan fingerprint density at radius 3 is 2.79 bits per heavy atom. The molecular formula is C18H29ClN4S. The number of hydrogen-bond acceptors (Lipinski definition) is 4. The maximum absolute atomic E-state index is 6.31. The second-order valence-electron chi connectivity index (χ2n) is 6.32. The van der Waals surface area contributed by atoms with E-state index in [1.165, 1.54) is 6.42 Å². The van der Waals surface area contributed by atoms with Crippen LogP contribution in [0.2, 0.25) is 0 Å². The molecule has 0 saturated heterocycles. The van der Waals surface area contributed by atoms with E-state index < -0.39 is 0 Å². The molecule has 2 aliphatic rings. The Morgan fingerprint density at radius 2 is 2.25 bits per heavy atom. The van der Waals surface area contributed by atoms with Gasteiger partial charge in [-0.1, -0.05) is 32.0 Å². The summed E-state index contributed by atoms with van der Waals surface area (Å²) < 4.78 is 0. The van der Waals surface area contributed by atoms with Gasteiger partial charge >= 0.3 is 0 Å². The molecule has 0 aromatic carbocycles. The summed E-state index contributed by atoms with van der Waals surface area (Å²) in [5, 5.41) is 6.16. The van der Waals surface area contributed by atoms with E-state index in [-0.39, 0.29) is 0 Å². The Morgan fingerprint density at radius 1 is 1.54 bits per heavy atom. The first kappa shape index (κ1) is 19.4. The fourth-order valence-electron chi connectivity index (χ4n) is 3.31. The van der Waals surface area contributed by atoms with E-state index in [1.54, 1.807) is 11.1 Å². The number of rotatable bonds is 6. The van der Waals surface area contributed by atoms with Gasteiger partial charge in [0.05, 0.1) is 11.1 Å². The van der Waals surface area contributed by atoms with Gasteiger partial charge < -0.3 is 5.32 Å². The Bertz CT molecular complexity index is 551. The van der Waals surface area contributed by atoms with Crippen molar-refractivity contribution in [2.45, 2.75) is 57.2 Å². The van der Waals surface area contributed by atoms with Crippen LogP contribution in [0.25, 0.3) is 0 Å². The summed E-state index contributed by atoms with van der Waals surface area (Å²) in [5.74, 6) is 8.18. The summed E-state index contributed by atoms with van der Waals surface area (Å²) in [5.41, 5.74) is 1.13. The molecule has 1 heterocycles. The van der Waals surface area contributed by atoms with Crippen LogP contribution in [0.4, 0.5) is 0 Å². The van der Waals surface area contributed by atoms with Crippen molar-refractivity contribution in [3.8, 4) is 0 Å². The molecule has 0 radical (unpaired) electrons. The number of nitrogens with zero attached hydrogens (tertiary/aromatic N) is 2. The van der Waals surface area contributed by atoms with Crippen LogP contribution in [0.3, 0.4) is 0 Å². The lowest BCUT2D eigenvalue weighted by atomic mass is 9.97. The third-order valence-electron chi connectivity index (χ3n) is 4.87. The predicted octanol–water partition coefficient (Wildman–Crippen LogP) is 4.36. The molecule has 1 saturated carbocycles. The number of allylic oxidation sites excluding steroid dienone is 3. The Hall–Kier alpha value is -0.910. The van der Waals surface area contributed by atoms with E-state index in [9.17, 15) is 0 Å². The molecule has 134 valence electrons. The highest BCUT2D eigenvalue weighted by Gasteiger charge is 2.28. The van der Waals surface area contributed by atoms with Crippen LogP contribution in [-0.4, -0.2) is 28.4 Å². The fraction of sp³-hybridized carbons (Fsp3) is 0.611. The van der Waals surface area contributed by atoms with Crippen molar-refractivity contribution in [1.29, 1.82) is 0 Å². The van der Waals surface area contributed by atoms with Crippen molar-refractivity contribution in [3.05, 3.63) is 35.3 Å².